The van der Waals surface area contributed by atoms with E-state index in [2.05, 4.69) is 9.72 Å². The second kappa shape index (κ2) is 3.81. The van der Waals surface area contributed by atoms with Gasteiger partial charge in [0.25, 0.3) is 5.56 Å². The number of carbonyl (C=O) groups excluding carboxylic acids is 1. The summed E-state index contributed by atoms with van der Waals surface area (Å²) < 4.78 is 4.69. The quantitative estimate of drug-likeness (QED) is 0.738. The molecule has 4 heteroatoms. The Kier molecular flexibility index (Phi) is 2.48. The third-order valence-electron chi connectivity index (χ3n) is 2.55. The maximum Gasteiger partial charge on any atom is 0.339 e. The van der Waals surface area contributed by atoms with E-state index >= 15 is 0 Å². The summed E-state index contributed by atoms with van der Waals surface area (Å²) in [5.74, 6) is -0.486. The minimum absolute atomic E-state index is 0.265. The van der Waals surface area contributed by atoms with Crippen LogP contribution in [0, 0.1) is 6.92 Å². The fraction of sp³-hybridized carbons (Fsp3) is 0.167. The number of para-hydroxylation sites is 1. The Bertz CT molecular complexity index is 613. The topological polar surface area (TPSA) is 59.2 Å². The number of carbonyl (C=O) groups is 1. The zero-order valence-electron chi connectivity index (χ0n) is 9.03. The van der Waals surface area contributed by atoms with E-state index in [0.717, 1.165) is 0 Å². The van der Waals surface area contributed by atoms with Gasteiger partial charge in [-0.1, -0.05) is 18.2 Å². The van der Waals surface area contributed by atoms with Crippen molar-refractivity contribution < 1.29 is 9.53 Å². The number of esters is 1. The average Bonchev–Trinajstić information content (AvgIpc) is 2.30. The smallest absolute Gasteiger partial charge is 0.339 e. The Balaban J connectivity index is 2.92. The van der Waals surface area contributed by atoms with E-state index < -0.39 is 5.97 Å². The van der Waals surface area contributed by atoms with E-state index in [0.29, 0.717) is 22.0 Å². The molecule has 4 nitrogen and oxygen atoms in total. The second-order valence-corrected chi connectivity index (χ2v) is 3.49. The number of fused-ring (bicyclic) bond motifs is 1. The Hall–Kier alpha value is -2.10. The van der Waals surface area contributed by atoms with E-state index in [4.69, 9.17) is 0 Å². The number of nitrogens with one attached hydrogen (secondary N) is 1. The van der Waals surface area contributed by atoms with Crippen LogP contribution in [0.4, 0.5) is 0 Å². The van der Waals surface area contributed by atoms with Gasteiger partial charge in [0.1, 0.15) is 0 Å². The van der Waals surface area contributed by atoms with Gasteiger partial charge in [0, 0.05) is 16.5 Å². The number of benzene rings is 1. The minimum atomic E-state index is -0.486. The lowest BCUT2D eigenvalue weighted by Crippen LogP contribution is -2.17. The van der Waals surface area contributed by atoms with Crippen molar-refractivity contribution >= 4 is 16.9 Å². The molecule has 0 fully saturated rings. The summed E-state index contributed by atoms with van der Waals surface area (Å²) in [6, 6.07) is 7.15. The van der Waals surface area contributed by atoms with Crippen LogP contribution in [-0.2, 0) is 4.74 Å². The molecular weight excluding hydrogens is 206 g/mol. The minimum Gasteiger partial charge on any atom is -0.465 e. The molecule has 0 atom stereocenters. The van der Waals surface area contributed by atoms with E-state index in [1.165, 1.54) is 7.11 Å². The monoisotopic (exact) mass is 217 g/mol. The van der Waals surface area contributed by atoms with Gasteiger partial charge in [-0.2, -0.15) is 0 Å². The number of aromatic amines is 1. The molecule has 1 aromatic heterocycles. The predicted molar refractivity (Wildman–Crippen MR) is 60.6 cm³/mol. The number of H-pyrrole nitrogens is 1. The molecule has 0 aliphatic heterocycles. The van der Waals surface area contributed by atoms with Gasteiger partial charge in [-0.05, 0) is 13.0 Å². The van der Waals surface area contributed by atoms with Crippen LogP contribution in [0.25, 0.3) is 10.9 Å². The van der Waals surface area contributed by atoms with Crippen LogP contribution in [0.15, 0.2) is 29.1 Å². The van der Waals surface area contributed by atoms with Crippen LogP contribution in [0.5, 0.6) is 0 Å². The largest absolute Gasteiger partial charge is 0.465 e. The number of methoxy groups -OCH3 is 1. The van der Waals surface area contributed by atoms with Crippen molar-refractivity contribution in [2.45, 2.75) is 6.92 Å². The van der Waals surface area contributed by atoms with Gasteiger partial charge in [0.2, 0.25) is 0 Å². The van der Waals surface area contributed by atoms with Gasteiger partial charge < -0.3 is 9.72 Å². The van der Waals surface area contributed by atoms with Crippen molar-refractivity contribution in [1.82, 2.24) is 4.98 Å². The highest BCUT2D eigenvalue weighted by Gasteiger charge is 2.16. The molecule has 16 heavy (non-hydrogen) atoms. The zero-order chi connectivity index (χ0) is 11.7. The number of hydrogen-bond acceptors (Lipinski definition) is 3. The highest BCUT2D eigenvalue weighted by Crippen LogP contribution is 2.18. The van der Waals surface area contributed by atoms with E-state index in [1.54, 1.807) is 25.1 Å². The number of pyridine rings is 1. The Morgan fingerprint density at radius 3 is 2.69 bits per heavy atom. The molecule has 1 aromatic carbocycles. The Labute approximate surface area is 91.9 Å². The molecular formula is C12H11NO3. The molecule has 0 bridgehead atoms. The summed E-state index contributed by atoms with van der Waals surface area (Å²) >= 11 is 0. The van der Waals surface area contributed by atoms with E-state index in [9.17, 15) is 9.59 Å². The van der Waals surface area contributed by atoms with Crippen LogP contribution in [0.3, 0.4) is 0 Å². The van der Waals surface area contributed by atoms with Crippen LogP contribution in [0.1, 0.15) is 15.9 Å². The lowest BCUT2D eigenvalue weighted by atomic mass is 10.0. The highest BCUT2D eigenvalue weighted by atomic mass is 16.5. The summed E-state index contributed by atoms with van der Waals surface area (Å²) in [4.78, 5) is 26.0. The fourth-order valence-electron chi connectivity index (χ4n) is 1.71. The lowest BCUT2D eigenvalue weighted by Gasteiger charge is -2.07. The maximum atomic E-state index is 11.6. The van der Waals surface area contributed by atoms with Crippen molar-refractivity contribution in [2.75, 3.05) is 7.11 Å². The summed E-state index contributed by atoms with van der Waals surface area (Å²) in [6.07, 6.45) is 0. The molecule has 0 saturated heterocycles. The molecule has 1 N–H and O–H groups in total. The molecule has 0 aliphatic carbocycles. The van der Waals surface area contributed by atoms with Crippen molar-refractivity contribution in [3.63, 3.8) is 0 Å². The molecule has 0 amide bonds. The molecule has 82 valence electrons. The molecule has 2 rings (SSSR count). The second-order valence-electron chi connectivity index (χ2n) is 3.49. The first-order valence-corrected chi connectivity index (χ1v) is 4.85. The first-order valence-electron chi connectivity index (χ1n) is 4.85. The summed E-state index contributed by atoms with van der Waals surface area (Å²) in [7, 11) is 1.30. The van der Waals surface area contributed by atoms with Gasteiger partial charge in [0.15, 0.2) is 0 Å². The van der Waals surface area contributed by atoms with Crippen LogP contribution < -0.4 is 5.56 Å². The number of aromatic nitrogens is 1. The van der Waals surface area contributed by atoms with Crippen LogP contribution in [-0.4, -0.2) is 18.1 Å². The molecule has 0 aliphatic rings. The van der Waals surface area contributed by atoms with Crippen molar-refractivity contribution in [3.05, 3.63) is 45.7 Å². The number of ether oxygens (including phenoxy) is 1. The third-order valence-corrected chi connectivity index (χ3v) is 2.55. The Morgan fingerprint density at radius 2 is 2.00 bits per heavy atom. The first kappa shape index (κ1) is 10.4. The lowest BCUT2D eigenvalue weighted by molar-refractivity contribution is 0.0602. The molecule has 0 spiro atoms. The van der Waals surface area contributed by atoms with Gasteiger partial charge in [0.05, 0.1) is 12.7 Å². The predicted octanol–water partition coefficient (Wildman–Crippen LogP) is 1.62. The summed E-state index contributed by atoms with van der Waals surface area (Å²) in [5, 5.41) is 0.700. The van der Waals surface area contributed by atoms with Gasteiger partial charge in [-0.15, -0.1) is 0 Å². The summed E-state index contributed by atoms with van der Waals surface area (Å²) in [6.45, 7) is 1.61. The summed E-state index contributed by atoms with van der Waals surface area (Å²) in [5.41, 5.74) is 1.09. The highest BCUT2D eigenvalue weighted by molar-refractivity contribution is 6.04. The zero-order valence-corrected chi connectivity index (χ0v) is 9.03. The van der Waals surface area contributed by atoms with Crippen molar-refractivity contribution in [3.8, 4) is 0 Å². The maximum absolute atomic E-state index is 11.6. The third kappa shape index (κ3) is 1.48. The average molecular weight is 217 g/mol. The van der Waals surface area contributed by atoms with Crippen molar-refractivity contribution in [1.29, 1.82) is 0 Å². The Morgan fingerprint density at radius 1 is 1.31 bits per heavy atom. The molecule has 2 aromatic rings. The normalized spacial score (nSPS) is 10.4. The number of rotatable bonds is 1. The standard InChI is InChI=1S/C12H11NO3/c1-7-10(12(15)16-2)8-5-3-4-6-9(8)13-11(7)14/h3-6H,1-2H3,(H,13,14). The molecule has 0 radical (unpaired) electrons. The fourth-order valence-corrected chi connectivity index (χ4v) is 1.71. The van der Waals surface area contributed by atoms with E-state index in [-0.39, 0.29) is 5.56 Å². The number of hydrogen-bond donors (Lipinski definition) is 1. The first-order chi connectivity index (χ1) is 7.65. The van der Waals surface area contributed by atoms with Gasteiger partial charge in [-0.25, -0.2) is 4.79 Å². The van der Waals surface area contributed by atoms with Crippen molar-refractivity contribution in [2.24, 2.45) is 0 Å². The van der Waals surface area contributed by atoms with Crippen LogP contribution >= 0.6 is 0 Å². The molecule has 0 unspecified atom stereocenters. The van der Waals surface area contributed by atoms with Gasteiger partial charge in [-0.3, -0.25) is 4.79 Å². The van der Waals surface area contributed by atoms with E-state index in [1.807, 2.05) is 6.07 Å². The molecule has 0 saturated carbocycles. The SMILES string of the molecule is COC(=O)c1c(C)c(=O)[nH]c2ccccc12. The molecule has 1 heterocycles. The van der Waals surface area contributed by atoms with Gasteiger partial charge >= 0.3 is 5.97 Å². The van der Waals surface area contributed by atoms with Crippen LogP contribution in [0.2, 0.25) is 0 Å².